The third kappa shape index (κ3) is 2.46. The van der Waals surface area contributed by atoms with E-state index in [9.17, 15) is 10.4 Å². The fourth-order valence-electron chi connectivity index (χ4n) is 2.58. The molecule has 4 nitrogen and oxygen atoms in total. The molecule has 0 aliphatic heterocycles. The Morgan fingerprint density at radius 3 is 2.67 bits per heavy atom. The standard InChI is InChI=1S/C14H19N3O/c1-9(18)8-16-14-13(7-15)12-6-4-3-5-11(12)10(2)17-14/h9,18H,3-6,8H2,1-2H3,(H,16,17)/p+1/t9-/m0/s1. The maximum atomic E-state index is 9.36. The lowest BCUT2D eigenvalue weighted by Crippen LogP contribution is -2.27. The second-order valence-electron chi connectivity index (χ2n) is 5.01. The Labute approximate surface area is 108 Å². The van der Waals surface area contributed by atoms with Gasteiger partial charge >= 0.3 is 0 Å². The molecule has 1 aromatic rings. The molecule has 1 atom stereocenters. The van der Waals surface area contributed by atoms with Gasteiger partial charge in [-0.3, -0.25) is 5.32 Å². The van der Waals surface area contributed by atoms with Crippen molar-refractivity contribution in [2.45, 2.75) is 45.6 Å². The van der Waals surface area contributed by atoms with Crippen molar-refractivity contribution in [3.05, 3.63) is 22.4 Å². The maximum absolute atomic E-state index is 9.36. The average Bonchev–Trinajstić information content (AvgIpc) is 2.36. The Bertz CT molecular complexity index is 489. The minimum atomic E-state index is -0.429. The number of aliphatic hydroxyl groups is 1. The molecule has 0 unspecified atom stereocenters. The quantitative estimate of drug-likeness (QED) is 0.845. The number of rotatable bonds is 3. The van der Waals surface area contributed by atoms with Crippen molar-refractivity contribution in [2.24, 2.45) is 0 Å². The van der Waals surface area contributed by atoms with E-state index in [0.29, 0.717) is 6.54 Å². The molecule has 1 aliphatic rings. The number of aromatic nitrogens is 1. The third-order valence-corrected chi connectivity index (χ3v) is 3.47. The van der Waals surface area contributed by atoms with E-state index in [1.165, 1.54) is 17.5 Å². The SMILES string of the molecule is Cc1[nH+]c(NC[C@H](C)O)c(C#N)c2c1CCCC2. The van der Waals surface area contributed by atoms with E-state index in [4.69, 9.17) is 0 Å². The number of fused-ring (bicyclic) bond motifs is 1. The molecule has 0 spiro atoms. The van der Waals surface area contributed by atoms with Gasteiger partial charge in [0, 0.05) is 0 Å². The zero-order valence-electron chi connectivity index (χ0n) is 11.0. The summed E-state index contributed by atoms with van der Waals surface area (Å²) in [5.74, 6) is 0.747. The highest BCUT2D eigenvalue weighted by molar-refractivity contribution is 5.56. The monoisotopic (exact) mass is 246 g/mol. The predicted octanol–water partition coefficient (Wildman–Crippen LogP) is 1.35. The van der Waals surface area contributed by atoms with E-state index in [1.54, 1.807) is 6.92 Å². The van der Waals surface area contributed by atoms with Gasteiger partial charge in [0.2, 0.25) is 0 Å². The molecule has 1 aromatic heterocycles. The zero-order valence-corrected chi connectivity index (χ0v) is 11.0. The lowest BCUT2D eigenvalue weighted by atomic mass is 9.88. The van der Waals surface area contributed by atoms with Gasteiger partial charge in [-0.05, 0) is 50.7 Å². The Hall–Kier alpha value is -1.60. The van der Waals surface area contributed by atoms with Crippen LogP contribution in [0, 0.1) is 18.3 Å². The largest absolute Gasteiger partial charge is 0.389 e. The Morgan fingerprint density at radius 2 is 2.06 bits per heavy atom. The van der Waals surface area contributed by atoms with Crippen LogP contribution in [0.25, 0.3) is 0 Å². The fraction of sp³-hybridized carbons (Fsp3) is 0.571. The summed E-state index contributed by atoms with van der Waals surface area (Å²) >= 11 is 0. The molecule has 0 aromatic carbocycles. The summed E-state index contributed by atoms with van der Waals surface area (Å²) in [4.78, 5) is 3.27. The topological polar surface area (TPSA) is 70.2 Å². The second kappa shape index (κ2) is 5.36. The van der Waals surface area contributed by atoms with Crippen LogP contribution in [0.3, 0.4) is 0 Å². The van der Waals surface area contributed by atoms with Crippen molar-refractivity contribution in [3.8, 4) is 6.07 Å². The number of anilines is 1. The average molecular weight is 246 g/mol. The number of aliphatic hydroxyl groups excluding tert-OH is 1. The van der Waals surface area contributed by atoms with Crippen molar-refractivity contribution in [1.82, 2.24) is 0 Å². The van der Waals surface area contributed by atoms with Crippen LogP contribution in [0.4, 0.5) is 5.82 Å². The number of aryl methyl sites for hydroxylation is 1. The number of nitrogens with one attached hydrogen (secondary N) is 2. The number of H-pyrrole nitrogens is 1. The molecule has 0 fully saturated rings. The zero-order chi connectivity index (χ0) is 13.1. The lowest BCUT2D eigenvalue weighted by Gasteiger charge is -2.18. The number of hydrogen-bond acceptors (Lipinski definition) is 3. The Kier molecular flexibility index (Phi) is 3.83. The first-order valence-corrected chi connectivity index (χ1v) is 6.53. The number of aromatic amines is 1. The molecular weight excluding hydrogens is 226 g/mol. The highest BCUT2D eigenvalue weighted by atomic mass is 16.3. The van der Waals surface area contributed by atoms with Crippen molar-refractivity contribution < 1.29 is 10.1 Å². The summed E-state index contributed by atoms with van der Waals surface area (Å²) in [6.45, 7) is 4.23. The smallest absolute Gasteiger partial charge is 0.290 e. The van der Waals surface area contributed by atoms with Crippen LogP contribution >= 0.6 is 0 Å². The summed E-state index contributed by atoms with van der Waals surface area (Å²) in [5.41, 5.74) is 4.35. The van der Waals surface area contributed by atoms with E-state index in [1.807, 2.05) is 0 Å². The van der Waals surface area contributed by atoms with Gasteiger partial charge in [-0.1, -0.05) is 0 Å². The fourth-order valence-corrected chi connectivity index (χ4v) is 2.58. The van der Waals surface area contributed by atoms with Gasteiger partial charge in [-0.2, -0.15) is 5.26 Å². The van der Waals surface area contributed by atoms with E-state index >= 15 is 0 Å². The number of hydrogen-bond donors (Lipinski definition) is 2. The van der Waals surface area contributed by atoms with E-state index in [0.717, 1.165) is 36.3 Å². The minimum Gasteiger partial charge on any atom is -0.389 e. The van der Waals surface area contributed by atoms with Crippen molar-refractivity contribution in [3.63, 3.8) is 0 Å². The number of pyridine rings is 1. The summed E-state index contributed by atoms with van der Waals surface area (Å²) in [6, 6.07) is 2.30. The molecule has 1 heterocycles. The van der Waals surface area contributed by atoms with Crippen LogP contribution in [-0.4, -0.2) is 17.8 Å². The molecule has 18 heavy (non-hydrogen) atoms. The first-order chi connectivity index (χ1) is 8.63. The van der Waals surface area contributed by atoms with E-state index in [2.05, 4.69) is 23.3 Å². The third-order valence-electron chi connectivity index (χ3n) is 3.47. The summed E-state index contributed by atoms with van der Waals surface area (Å²) in [5, 5.41) is 21.8. The normalized spacial score (nSPS) is 15.7. The molecule has 2 rings (SSSR count). The van der Waals surface area contributed by atoms with Crippen LogP contribution in [0.2, 0.25) is 0 Å². The second-order valence-corrected chi connectivity index (χ2v) is 5.01. The minimum absolute atomic E-state index is 0.429. The molecule has 3 N–H and O–H groups in total. The van der Waals surface area contributed by atoms with Gasteiger partial charge < -0.3 is 5.11 Å². The molecule has 1 aliphatic carbocycles. The van der Waals surface area contributed by atoms with Gasteiger partial charge in [0.1, 0.15) is 23.9 Å². The van der Waals surface area contributed by atoms with Crippen LogP contribution in [0.1, 0.15) is 42.1 Å². The first kappa shape index (κ1) is 12.8. The summed E-state index contributed by atoms with van der Waals surface area (Å²) in [6.07, 6.45) is 3.97. The molecule has 4 heteroatoms. The van der Waals surface area contributed by atoms with Crippen molar-refractivity contribution in [2.75, 3.05) is 11.9 Å². The molecule has 0 radical (unpaired) electrons. The van der Waals surface area contributed by atoms with Crippen LogP contribution < -0.4 is 10.3 Å². The highest BCUT2D eigenvalue weighted by Crippen LogP contribution is 2.27. The Morgan fingerprint density at radius 1 is 1.39 bits per heavy atom. The molecule has 0 amide bonds. The molecule has 0 bridgehead atoms. The number of nitrogens with zero attached hydrogens (tertiary/aromatic N) is 1. The number of nitriles is 1. The van der Waals surface area contributed by atoms with E-state index in [-0.39, 0.29) is 0 Å². The van der Waals surface area contributed by atoms with Gasteiger partial charge in [0.25, 0.3) is 5.82 Å². The van der Waals surface area contributed by atoms with Gasteiger partial charge in [0.05, 0.1) is 6.10 Å². The molecule has 0 saturated heterocycles. The molecule has 0 saturated carbocycles. The van der Waals surface area contributed by atoms with Crippen LogP contribution in [-0.2, 0) is 12.8 Å². The van der Waals surface area contributed by atoms with Gasteiger partial charge in [-0.25, -0.2) is 4.98 Å². The lowest BCUT2D eigenvalue weighted by molar-refractivity contribution is -0.372. The van der Waals surface area contributed by atoms with Gasteiger partial charge in [0.15, 0.2) is 0 Å². The predicted molar refractivity (Wildman–Crippen MR) is 69.3 cm³/mol. The highest BCUT2D eigenvalue weighted by Gasteiger charge is 2.23. The van der Waals surface area contributed by atoms with Crippen LogP contribution in [0.5, 0.6) is 0 Å². The van der Waals surface area contributed by atoms with Gasteiger partial charge in [-0.15, -0.1) is 0 Å². The van der Waals surface area contributed by atoms with Crippen molar-refractivity contribution in [1.29, 1.82) is 5.26 Å². The summed E-state index contributed by atoms with van der Waals surface area (Å²) in [7, 11) is 0. The summed E-state index contributed by atoms with van der Waals surface area (Å²) < 4.78 is 0. The van der Waals surface area contributed by atoms with Crippen molar-refractivity contribution >= 4 is 5.82 Å². The molecular formula is C14H20N3O+. The maximum Gasteiger partial charge on any atom is 0.290 e. The Balaban J connectivity index is 2.41. The molecule has 96 valence electrons. The van der Waals surface area contributed by atoms with Crippen LogP contribution in [0.15, 0.2) is 0 Å². The first-order valence-electron chi connectivity index (χ1n) is 6.53. The van der Waals surface area contributed by atoms with E-state index < -0.39 is 6.10 Å².